The van der Waals surface area contributed by atoms with Crippen molar-refractivity contribution in [2.75, 3.05) is 32.9 Å². The maximum Gasteiger partial charge on any atom is 0.416 e. The molecule has 0 radical (unpaired) electrons. The molecule has 1 saturated heterocycles. The van der Waals surface area contributed by atoms with E-state index in [4.69, 9.17) is 11.6 Å². The zero-order valence-electron chi connectivity index (χ0n) is 12.1. The summed E-state index contributed by atoms with van der Waals surface area (Å²) in [5, 5.41) is 2.50. The molecule has 1 N–H and O–H groups in total. The molecule has 2 rings (SSSR count). The fourth-order valence-electron chi connectivity index (χ4n) is 2.65. The summed E-state index contributed by atoms with van der Waals surface area (Å²) >= 11 is 5.61. The average Bonchev–Trinajstić information content (AvgIpc) is 2.47. The summed E-state index contributed by atoms with van der Waals surface area (Å²) in [7, 11) is 0. The minimum Gasteiger partial charge on any atom is -0.314 e. The van der Waals surface area contributed by atoms with Gasteiger partial charge in [0.05, 0.1) is 17.3 Å². The summed E-state index contributed by atoms with van der Waals surface area (Å²) in [6, 6.07) is 0.542. The molecule has 1 fully saturated rings. The van der Waals surface area contributed by atoms with Crippen LogP contribution in [-0.2, 0) is 6.18 Å². The van der Waals surface area contributed by atoms with E-state index in [1.807, 2.05) is 0 Å². The van der Waals surface area contributed by atoms with Gasteiger partial charge < -0.3 is 5.32 Å². The molecule has 2 nitrogen and oxygen atoms in total. The van der Waals surface area contributed by atoms with Crippen LogP contribution < -0.4 is 5.32 Å². The molecule has 0 bridgehead atoms. The van der Waals surface area contributed by atoms with E-state index in [9.17, 15) is 22.0 Å². The van der Waals surface area contributed by atoms with Crippen LogP contribution in [0.2, 0.25) is 5.02 Å². The van der Waals surface area contributed by atoms with Gasteiger partial charge in [-0.3, -0.25) is 9.29 Å². The number of alkyl halides is 4. The van der Waals surface area contributed by atoms with Gasteiger partial charge in [0, 0.05) is 37.8 Å². The molecule has 0 amide bonds. The van der Waals surface area contributed by atoms with Crippen molar-refractivity contribution in [2.45, 2.75) is 18.6 Å². The number of hydrogen-bond donors (Lipinski definition) is 1. The molecule has 23 heavy (non-hydrogen) atoms. The van der Waals surface area contributed by atoms with Crippen molar-refractivity contribution in [3.63, 3.8) is 0 Å². The molecule has 1 aliphatic heterocycles. The van der Waals surface area contributed by atoms with Crippen molar-refractivity contribution in [3.8, 4) is 0 Å². The Balaban J connectivity index is 0.00000264. The Morgan fingerprint density at radius 3 is 2.35 bits per heavy atom. The Morgan fingerprint density at radius 1 is 1.22 bits per heavy atom. The van der Waals surface area contributed by atoms with Crippen molar-refractivity contribution < 1.29 is 22.0 Å². The van der Waals surface area contributed by atoms with Gasteiger partial charge in [0.1, 0.15) is 5.82 Å². The molecular formula is C14H17Cl2F5N2. The van der Waals surface area contributed by atoms with Gasteiger partial charge in [-0.1, -0.05) is 11.6 Å². The highest BCUT2D eigenvalue weighted by atomic mass is 35.5. The summed E-state index contributed by atoms with van der Waals surface area (Å²) in [5.74, 6) is -0.911. The van der Waals surface area contributed by atoms with Crippen LogP contribution in [0.15, 0.2) is 12.1 Å². The molecule has 1 aromatic rings. The normalized spacial score (nSPS) is 17.7. The van der Waals surface area contributed by atoms with E-state index in [0.717, 1.165) is 6.07 Å². The standard InChI is InChI=1S/C14H16ClF5N2.ClH/c15-11-8-9(14(18,19)20)7-10(13(11)17)12(1-2-16)22-5-3-21-4-6-22;/h7-8,12,21H,1-6H2;1H/t12-;/m1./s1. The van der Waals surface area contributed by atoms with Gasteiger partial charge in [0.2, 0.25) is 0 Å². The lowest BCUT2D eigenvalue weighted by Gasteiger charge is -2.35. The summed E-state index contributed by atoms with van der Waals surface area (Å²) in [5.41, 5.74) is -1.22. The van der Waals surface area contributed by atoms with Crippen LogP contribution in [0.1, 0.15) is 23.6 Å². The minimum absolute atomic E-state index is 0. The van der Waals surface area contributed by atoms with Crippen molar-refractivity contribution in [3.05, 3.63) is 34.1 Å². The maximum absolute atomic E-state index is 14.2. The molecule has 0 unspecified atom stereocenters. The van der Waals surface area contributed by atoms with E-state index in [1.165, 1.54) is 0 Å². The van der Waals surface area contributed by atoms with E-state index in [2.05, 4.69) is 5.32 Å². The third kappa shape index (κ3) is 4.92. The first-order valence-electron chi connectivity index (χ1n) is 6.91. The molecule has 0 aromatic heterocycles. The highest BCUT2D eigenvalue weighted by Crippen LogP contribution is 2.37. The van der Waals surface area contributed by atoms with Crippen LogP contribution in [0.3, 0.4) is 0 Å². The van der Waals surface area contributed by atoms with Gasteiger partial charge >= 0.3 is 6.18 Å². The summed E-state index contributed by atoms with van der Waals surface area (Å²) in [4.78, 5) is 1.78. The van der Waals surface area contributed by atoms with Crippen LogP contribution >= 0.6 is 24.0 Å². The van der Waals surface area contributed by atoms with E-state index < -0.39 is 35.3 Å². The highest BCUT2D eigenvalue weighted by molar-refractivity contribution is 6.30. The lowest BCUT2D eigenvalue weighted by molar-refractivity contribution is -0.137. The molecular weight excluding hydrogens is 362 g/mol. The Labute approximate surface area is 142 Å². The monoisotopic (exact) mass is 378 g/mol. The molecule has 1 heterocycles. The predicted octanol–water partition coefficient (Wildman–Crippen LogP) is 4.23. The first kappa shape index (κ1) is 20.4. The SMILES string of the molecule is Cl.FCC[C@H](c1cc(C(F)(F)F)cc(Cl)c1F)N1CCNCC1. The van der Waals surface area contributed by atoms with Crippen molar-refractivity contribution in [1.29, 1.82) is 0 Å². The third-order valence-corrected chi connectivity index (χ3v) is 3.99. The van der Waals surface area contributed by atoms with Gasteiger partial charge in [-0.05, 0) is 18.6 Å². The molecule has 1 aliphatic rings. The van der Waals surface area contributed by atoms with E-state index >= 15 is 0 Å². The quantitative estimate of drug-likeness (QED) is 0.788. The fourth-order valence-corrected chi connectivity index (χ4v) is 2.88. The first-order chi connectivity index (χ1) is 10.3. The molecule has 132 valence electrons. The van der Waals surface area contributed by atoms with Crippen molar-refractivity contribution >= 4 is 24.0 Å². The number of benzene rings is 1. The third-order valence-electron chi connectivity index (χ3n) is 3.72. The van der Waals surface area contributed by atoms with Crippen LogP contribution in [0.4, 0.5) is 22.0 Å². The summed E-state index contributed by atoms with van der Waals surface area (Å²) in [6.07, 6.45) is -4.70. The Morgan fingerprint density at radius 2 is 1.83 bits per heavy atom. The average molecular weight is 379 g/mol. The lowest BCUT2D eigenvalue weighted by atomic mass is 9.98. The van der Waals surface area contributed by atoms with Crippen LogP contribution in [-0.4, -0.2) is 37.8 Å². The number of nitrogens with one attached hydrogen (secondary N) is 1. The fraction of sp³-hybridized carbons (Fsp3) is 0.571. The van der Waals surface area contributed by atoms with Crippen LogP contribution in [0, 0.1) is 5.82 Å². The molecule has 1 atom stereocenters. The number of nitrogens with zero attached hydrogens (tertiary/aromatic N) is 1. The van der Waals surface area contributed by atoms with Crippen LogP contribution in [0.25, 0.3) is 0 Å². The Hall–Kier alpha value is -0.630. The topological polar surface area (TPSA) is 15.3 Å². The molecule has 9 heteroatoms. The lowest BCUT2D eigenvalue weighted by Crippen LogP contribution is -2.45. The number of halogens is 7. The van der Waals surface area contributed by atoms with Gasteiger partial charge in [0.25, 0.3) is 0 Å². The number of rotatable bonds is 4. The van der Waals surface area contributed by atoms with Crippen molar-refractivity contribution in [1.82, 2.24) is 10.2 Å². The summed E-state index contributed by atoms with van der Waals surface area (Å²) < 4.78 is 65.7. The molecule has 1 aromatic carbocycles. The smallest absolute Gasteiger partial charge is 0.314 e. The zero-order chi connectivity index (χ0) is 16.3. The Kier molecular flexibility index (Phi) is 7.51. The van der Waals surface area contributed by atoms with Crippen molar-refractivity contribution in [2.24, 2.45) is 0 Å². The summed E-state index contributed by atoms with van der Waals surface area (Å²) in [6.45, 7) is 1.52. The van der Waals surface area contributed by atoms with E-state index in [1.54, 1.807) is 4.90 Å². The second-order valence-electron chi connectivity index (χ2n) is 5.14. The van der Waals surface area contributed by atoms with Gasteiger partial charge in [-0.25, -0.2) is 4.39 Å². The number of hydrogen-bond acceptors (Lipinski definition) is 2. The second-order valence-corrected chi connectivity index (χ2v) is 5.55. The van der Waals surface area contributed by atoms with E-state index in [0.29, 0.717) is 32.2 Å². The Bertz CT molecular complexity index is 519. The van der Waals surface area contributed by atoms with Gasteiger partial charge in [0.15, 0.2) is 0 Å². The predicted molar refractivity (Wildman–Crippen MR) is 81.4 cm³/mol. The van der Waals surface area contributed by atoms with E-state index in [-0.39, 0.29) is 24.4 Å². The minimum atomic E-state index is -4.63. The molecule has 0 spiro atoms. The van der Waals surface area contributed by atoms with Gasteiger partial charge in [-0.15, -0.1) is 12.4 Å². The zero-order valence-corrected chi connectivity index (χ0v) is 13.7. The maximum atomic E-state index is 14.2. The van der Waals surface area contributed by atoms with Gasteiger partial charge in [-0.2, -0.15) is 13.2 Å². The molecule has 0 aliphatic carbocycles. The van der Waals surface area contributed by atoms with Crippen LogP contribution in [0.5, 0.6) is 0 Å². The largest absolute Gasteiger partial charge is 0.416 e. The first-order valence-corrected chi connectivity index (χ1v) is 7.29. The highest BCUT2D eigenvalue weighted by Gasteiger charge is 2.34. The molecule has 0 saturated carbocycles. The second kappa shape index (κ2) is 8.46. The number of piperazine rings is 1.